The number of methoxy groups -OCH3 is 1. The molecule has 0 aromatic carbocycles. The van der Waals surface area contributed by atoms with Crippen molar-refractivity contribution < 1.29 is 9.66 Å². The van der Waals surface area contributed by atoms with E-state index in [1.807, 2.05) is 0 Å². The Balaban J connectivity index is 2.82. The molecular weight excluding hydrogens is 202 g/mol. The molecule has 0 saturated heterocycles. The Labute approximate surface area is 83.4 Å². The lowest BCUT2D eigenvalue weighted by atomic mass is 10.4. The number of hydrogen-bond donors (Lipinski definition) is 1. The van der Waals surface area contributed by atoms with Crippen LogP contribution in [0.15, 0.2) is 12.1 Å². The van der Waals surface area contributed by atoms with Crippen molar-refractivity contribution in [2.45, 2.75) is 0 Å². The van der Waals surface area contributed by atoms with Crippen LogP contribution in [0.1, 0.15) is 0 Å². The van der Waals surface area contributed by atoms with Crippen LogP contribution in [0, 0.1) is 10.1 Å². The van der Waals surface area contributed by atoms with E-state index in [1.54, 1.807) is 0 Å². The maximum absolute atomic E-state index is 10.7. The van der Waals surface area contributed by atoms with Gasteiger partial charge in [0.1, 0.15) is 0 Å². The highest BCUT2D eigenvalue weighted by molar-refractivity contribution is 5.62. The van der Waals surface area contributed by atoms with Gasteiger partial charge >= 0.3 is 5.69 Å². The summed E-state index contributed by atoms with van der Waals surface area (Å²) in [7, 11) is 1.43. The zero-order valence-corrected chi connectivity index (χ0v) is 7.75. The molecule has 0 unspecified atom stereocenters. The van der Waals surface area contributed by atoms with Gasteiger partial charge in [0.25, 0.3) is 0 Å². The number of anilines is 1. The number of aromatic nitrogens is 3. The number of hydrogen-bond acceptors (Lipinski definition) is 6. The smallest absolute Gasteiger partial charge is 0.314 e. The van der Waals surface area contributed by atoms with Gasteiger partial charge in [-0.15, -0.1) is 5.10 Å². The molecule has 78 valence electrons. The fraction of sp³-hybridized carbons (Fsp3) is 0.143. The van der Waals surface area contributed by atoms with Crippen molar-refractivity contribution in [1.82, 2.24) is 14.6 Å². The highest BCUT2D eigenvalue weighted by Gasteiger charge is 2.18. The lowest BCUT2D eigenvalue weighted by molar-refractivity contribution is -0.383. The molecule has 2 rings (SSSR count). The minimum absolute atomic E-state index is 0.0393. The predicted molar refractivity (Wildman–Crippen MR) is 50.6 cm³/mol. The SMILES string of the molecule is COc1ccc([N+](=O)[O-])c2nc(N)nn12. The Morgan fingerprint density at radius 1 is 1.60 bits per heavy atom. The Kier molecular flexibility index (Phi) is 1.89. The molecule has 0 aliphatic rings. The van der Waals surface area contributed by atoms with E-state index in [9.17, 15) is 10.1 Å². The van der Waals surface area contributed by atoms with E-state index < -0.39 is 4.92 Å². The minimum Gasteiger partial charge on any atom is -0.481 e. The summed E-state index contributed by atoms with van der Waals surface area (Å²) >= 11 is 0. The maximum atomic E-state index is 10.7. The van der Waals surface area contributed by atoms with E-state index >= 15 is 0 Å². The number of nitrogens with two attached hydrogens (primary N) is 1. The molecule has 2 heterocycles. The van der Waals surface area contributed by atoms with Crippen molar-refractivity contribution in [3.8, 4) is 5.88 Å². The second kappa shape index (κ2) is 3.08. The average Bonchev–Trinajstić information content (AvgIpc) is 2.56. The highest BCUT2D eigenvalue weighted by atomic mass is 16.6. The third-order valence-corrected chi connectivity index (χ3v) is 1.85. The predicted octanol–water partition coefficient (Wildman–Crippen LogP) is 0.228. The van der Waals surface area contributed by atoms with Crippen LogP contribution in [0.5, 0.6) is 5.88 Å². The first kappa shape index (κ1) is 9.19. The van der Waals surface area contributed by atoms with Crippen LogP contribution in [0.2, 0.25) is 0 Å². The Morgan fingerprint density at radius 2 is 2.33 bits per heavy atom. The number of nitro groups is 1. The van der Waals surface area contributed by atoms with Crippen LogP contribution in [-0.4, -0.2) is 26.6 Å². The number of rotatable bonds is 2. The van der Waals surface area contributed by atoms with Crippen molar-refractivity contribution in [1.29, 1.82) is 0 Å². The summed E-state index contributed by atoms with van der Waals surface area (Å²) in [4.78, 5) is 13.9. The molecule has 0 saturated carbocycles. The summed E-state index contributed by atoms with van der Waals surface area (Å²) in [6.07, 6.45) is 0. The summed E-state index contributed by atoms with van der Waals surface area (Å²) in [5, 5.41) is 14.4. The van der Waals surface area contributed by atoms with E-state index in [-0.39, 0.29) is 17.3 Å². The monoisotopic (exact) mass is 209 g/mol. The van der Waals surface area contributed by atoms with E-state index in [0.29, 0.717) is 5.88 Å². The fourth-order valence-electron chi connectivity index (χ4n) is 1.24. The second-order valence-corrected chi connectivity index (χ2v) is 2.72. The third-order valence-electron chi connectivity index (χ3n) is 1.85. The van der Waals surface area contributed by atoms with E-state index in [1.165, 1.54) is 23.8 Å². The first-order chi connectivity index (χ1) is 7.13. The molecule has 0 aliphatic heterocycles. The van der Waals surface area contributed by atoms with Gasteiger partial charge in [0.15, 0.2) is 0 Å². The van der Waals surface area contributed by atoms with Crippen LogP contribution < -0.4 is 10.5 Å². The Bertz CT molecular complexity index is 535. The van der Waals surface area contributed by atoms with Crippen molar-refractivity contribution in [3.05, 3.63) is 22.2 Å². The molecule has 0 aliphatic carbocycles. The van der Waals surface area contributed by atoms with Gasteiger partial charge in [-0.25, -0.2) is 0 Å². The molecule has 8 heteroatoms. The molecule has 2 N–H and O–H groups in total. The molecule has 15 heavy (non-hydrogen) atoms. The lowest BCUT2D eigenvalue weighted by Gasteiger charge is -2.01. The number of pyridine rings is 1. The standard InChI is InChI=1S/C7H7N5O3/c1-15-5-3-2-4(12(13)14)6-9-7(8)10-11(5)6/h2-3H,1H3,(H2,8,10). The summed E-state index contributed by atoms with van der Waals surface area (Å²) in [6, 6.07) is 2.72. The fourth-order valence-corrected chi connectivity index (χ4v) is 1.24. The van der Waals surface area contributed by atoms with Gasteiger partial charge < -0.3 is 10.5 Å². The van der Waals surface area contributed by atoms with E-state index in [4.69, 9.17) is 10.5 Å². The lowest BCUT2D eigenvalue weighted by Crippen LogP contribution is -1.99. The number of nitrogen functional groups attached to an aromatic ring is 1. The largest absolute Gasteiger partial charge is 0.481 e. The quantitative estimate of drug-likeness (QED) is 0.560. The normalized spacial score (nSPS) is 10.5. The molecule has 2 aromatic heterocycles. The summed E-state index contributed by atoms with van der Waals surface area (Å²) in [5.74, 6) is 0.294. The van der Waals surface area contributed by atoms with Gasteiger partial charge in [-0.2, -0.15) is 9.50 Å². The second-order valence-electron chi connectivity index (χ2n) is 2.72. The third kappa shape index (κ3) is 1.31. The molecule has 0 radical (unpaired) electrons. The molecule has 0 atom stereocenters. The van der Waals surface area contributed by atoms with Gasteiger partial charge in [-0.05, 0) is 0 Å². The van der Waals surface area contributed by atoms with Crippen molar-refractivity contribution in [2.75, 3.05) is 12.8 Å². The molecule has 0 bridgehead atoms. The van der Waals surface area contributed by atoms with Gasteiger partial charge in [-0.1, -0.05) is 0 Å². The molecule has 8 nitrogen and oxygen atoms in total. The van der Waals surface area contributed by atoms with Crippen LogP contribution in [0.3, 0.4) is 0 Å². The zero-order valence-electron chi connectivity index (χ0n) is 7.75. The maximum Gasteiger partial charge on any atom is 0.314 e. The summed E-state index contributed by atoms with van der Waals surface area (Å²) in [6.45, 7) is 0. The van der Waals surface area contributed by atoms with Gasteiger partial charge in [0.05, 0.1) is 12.0 Å². The van der Waals surface area contributed by atoms with Gasteiger partial charge in [0.2, 0.25) is 17.5 Å². The van der Waals surface area contributed by atoms with Gasteiger partial charge in [0, 0.05) is 12.1 Å². The topological polar surface area (TPSA) is 109 Å². The molecule has 0 amide bonds. The van der Waals surface area contributed by atoms with Crippen molar-refractivity contribution >= 4 is 17.3 Å². The van der Waals surface area contributed by atoms with Gasteiger partial charge in [-0.3, -0.25) is 10.1 Å². The summed E-state index contributed by atoms with van der Waals surface area (Å²) < 4.78 is 6.15. The molecule has 0 fully saturated rings. The van der Waals surface area contributed by atoms with E-state index in [0.717, 1.165) is 0 Å². The van der Waals surface area contributed by atoms with Crippen LogP contribution in [0.4, 0.5) is 11.6 Å². The first-order valence-corrected chi connectivity index (χ1v) is 3.97. The minimum atomic E-state index is -0.553. The highest BCUT2D eigenvalue weighted by Crippen LogP contribution is 2.23. The zero-order chi connectivity index (χ0) is 11.0. The van der Waals surface area contributed by atoms with Crippen molar-refractivity contribution in [3.63, 3.8) is 0 Å². The van der Waals surface area contributed by atoms with E-state index in [2.05, 4.69) is 10.1 Å². The molecule has 0 spiro atoms. The average molecular weight is 209 g/mol. The van der Waals surface area contributed by atoms with Crippen molar-refractivity contribution in [2.24, 2.45) is 0 Å². The number of ether oxygens (including phenoxy) is 1. The number of nitrogens with zero attached hydrogens (tertiary/aromatic N) is 4. The first-order valence-electron chi connectivity index (χ1n) is 3.97. The van der Waals surface area contributed by atoms with Crippen LogP contribution in [-0.2, 0) is 0 Å². The Hall–Kier alpha value is -2.38. The summed E-state index contributed by atoms with van der Waals surface area (Å²) in [5.41, 5.74) is 5.26. The molecular formula is C7H7N5O3. The Morgan fingerprint density at radius 3 is 2.93 bits per heavy atom. The van der Waals surface area contributed by atoms with Crippen LogP contribution >= 0.6 is 0 Å². The number of fused-ring (bicyclic) bond motifs is 1. The molecule has 2 aromatic rings. The van der Waals surface area contributed by atoms with Crippen LogP contribution in [0.25, 0.3) is 5.65 Å².